The topological polar surface area (TPSA) is 110 Å². The highest BCUT2D eigenvalue weighted by Gasteiger charge is 2.16. The highest BCUT2D eigenvalue weighted by Crippen LogP contribution is 2.04. The number of nitrogens with two attached hydrogens (primary N) is 2. The minimum Gasteiger partial charge on any atom is -0.465 e. The van der Waals surface area contributed by atoms with E-state index in [0.717, 1.165) is 10.5 Å². The van der Waals surface area contributed by atoms with E-state index in [9.17, 15) is 9.59 Å². The number of benzene rings is 1. The van der Waals surface area contributed by atoms with E-state index in [4.69, 9.17) is 16.6 Å². The first-order valence-corrected chi connectivity index (χ1v) is 6.04. The predicted octanol–water partition coefficient (Wildman–Crippen LogP) is 0.412. The summed E-state index contributed by atoms with van der Waals surface area (Å²) in [6.07, 6.45) is -0.504. The Balaban J connectivity index is 2.49. The van der Waals surface area contributed by atoms with E-state index in [1.165, 1.54) is 0 Å². The van der Waals surface area contributed by atoms with Crippen LogP contribution in [0.2, 0.25) is 0 Å². The molecule has 0 fully saturated rings. The smallest absolute Gasteiger partial charge is 0.407 e. The average Bonchev–Trinajstić information content (AvgIpc) is 2.35. The molecular formula is C13H19N3O3. The number of hydrogen-bond donors (Lipinski definition) is 3. The lowest BCUT2D eigenvalue weighted by atomic mass is 10.1. The van der Waals surface area contributed by atoms with E-state index in [1.54, 1.807) is 0 Å². The third-order valence-electron chi connectivity index (χ3n) is 2.69. The Morgan fingerprint density at radius 2 is 1.89 bits per heavy atom. The number of carboxylic acid groups (broad SMARTS) is 1. The summed E-state index contributed by atoms with van der Waals surface area (Å²) in [4.78, 5) is 22.8. The normalized spacial score (nSPS) is 11.8. The first kappa shape index (κ1) is 15.0. The lowest BCUT2D eigenvalue weighted by molar-refractivity contribution is -0.118. The second-order valence-corrected chi connectivity index (χ2v) is 4.39. The third kappa shape index (κ3) is 5.87. The van der Waals surface area contributed by atoms with Crippen molar-refractivity contribution < 1.29 is 14.7 Å². The van der Waals surface area contributed by atoms with Gasteiger partial charge in [0.05, 0.1) is 0 Å². The SMILES string of the molecule is NC(=O)CCN(C[C@H](N)Cc1ccccc1)C(=O)O. The fourth-order valence-corrected chi connectivity index (χ4v) is 1.77. The third-order valence-corrected chi connectivity index (χ3v) is 2.69. The molecule has 0 saturated carbocycles. The quantitative estimate of drug-likeness (QED) is 0.663. The van der Waals surface area contributed by atoms with Gasteiger partial charge in [-0.2, -0.15) is 0 Å². The molecule has 0 aliphatic heterocycles. The summed E-state index contributed by atoms with van der Waals surface area (Å²) in [5.74, 6) is -0.525. The number of rotatable bonds is 7. The van der Waals surface area contributed by atoms with Gasteiger partial charge in [-0.05, 0) is 12.0 Å². The lowest BCUT2D eigenvalue weighted by Crippen LogP contribution is -2.42. The molecule has 19 heavy (non-hydrogen) atoms. The maximum absolute atomic E-state index is 11.0. The Labute approximate surface area is 112 Å². The molecule has 0 radical (unpaired) electrons. The van der Waals surface area contributed by atoms with Crippen LogP contribution in [0, 0.1) is 0 Å². The van der Waals surface area contributed by atoms with Gasteiger partial charge in [0.25, 0.3) is 0 Å². The van der Waals surface area contributed by atoms with E-state index >= 15 is 0 Å². The molecule has 1 rings (SSSR count). The van der Waals surface area contributed by atoms with Crippen LogP contribution in [0.5, 0.6) is 0 Å². The maximum atomic E-state index is 11.0. The minimum absolute atomic E-state index is 0.00432. The van der Waals surface area contributed by atoms with E-state index < -0.39 is 12.0 Å². The molecule has 0 unspecified atom stereocenters. The van der Waals surface area contributed by atoms with Crippen LogP contribution in [-0.2, 0) is 11.2 Å². The van der Waals surface area contributed by atoms with Crippen molar-refractivity contribution in [1.29, 1.82) is 0 Å². The van der Waals surface area contributed by atoms with Crippen LogP contribution in [0.15, 0.2) is 30.3 Å². The van der Waals surface area contributed by atoms with Crippen LogP contribution >= 0.6 is 0 Å². The van der Waals surface area contributed by atoms with E-state index in [2.05, 4.69) is 0 Å². The standard InChI is InChI=1S/C13H19N3O3/c14-11(8-10-4-2-1-3-5-10)9-16(13(18)19)7-6-12(15)17/h1-5,11H,6-9,14H2,(H2,15,17)(H,18,19)/t11-/m1/s1. The number of amides is 2. The van der Waals surface area contributed by atoms with Gasteiger partial charge in [-0.3, -0.25) is 4.79 Å². The molecule has 0 bridgehead atoms. The largest absolute Gasteiger partial charge is 0.465 e. The zero-order valence-corrected chi connectivity index (χ0v) is 10.7. The summed E-state index contributed by atoms with van der Waals surface area (Å²) in [6, 6.07) is 9.29. The van der Waals surface area contributed by atoms with Gasteiger partial charge < -0.3 is 21.5 Å². The lowest BCUT2D eigenvalue weighted by Gasteiger charge is -2.22. The Kier molecular flexibility index (Phi) is 5.81. The summed E-state index contributed by atoms with van der Waals surface area (Å²) in [5, 5.41) is 9.02. The molecule has 1 aromatic rings. The molecule has 0 heterocycles. The first-order chi connectivity index (χ1) is 8.99. The molecule has 0 aromatic heterocycles. The molecule has 0 saturated heterocycles. The summed E-state index contributed by atoms with van der Waals surface area (Å²) in [6.45, 7) is 0.255. The number of carbonyl (C=O) groups excluding carboxylic acids is 1. The van der Waals surface area contributed by atoms with Crippen molar-refractivity contribution >= 4 is 12.0 Å². The molecule has 0 aliphatic carbocycles. The summed E-state index contributed by atoms with van der Waals surface area (Å²) in [7, 11) is 0. The number of hydrogen-bond acceptors (Lipinski definition) is 3. The van der Waals surface area contributed by atoms with Crippen molar-refractivity contribution in [2.24, 2.45) is 11.5 Å². The molecule has 6 heteroatoms. The fraction of sp³-hybridized carbons (Fsp3) is 0.385. The van der Waals surface area contributed by atoms with Gasteiger partial charge >= 0.3 is 6.09 Å². The number of primary amides is 1. The second kappa shape index (κ2) is 7.38. The zero-order valence-electron chi connectivity index (χ0n) is 10.7. The van der Waals surface area contributed by atoms with Crippen LogP contribution in [0.3, 0.4) is 0 Å². The van der Waals surface area contributed by atoms with E-state index in [-0.39, 0.29) is 25.6 Å². The fourth-order valence-electron chi connectivity index (χ4n) is 1.77. The number of nitrogens with zero attached hydrogens (tertiary/aromatic N) is 1. The monoisotopic (exact) mass is 265 g/mol. The molecule has 5 N–H and O–H groups in total. The molecule has 1 aromatic carbocycles. The molecule has 0 aliphatic rings. The molecule has 2 amide bonds. The van der Waals surface area contributed by atoms with Crippen LogP contribution in [0.4, 0.5) is 4.79 Å². The van der Waals surface area contributed by atoms with Crippen molar-refractivity contribution in [2.75, 3.05) is 13.1 Å². The van der Waals surface area contributed by atoms with Crippen LogP contribution in [0.1, 0.15) is 12.0 Å². The minimum atomic E-state index is -1.09. The van der Waals surface area contributed by atoms with Gasteiger partial charge in [-0.1, -0.05) is 30.3 Å². The number of carbonyl (C=O) groups is 2. The van der Waals surface area contributed by atoms with Crippen LogP contribution in [0.25, 0.3) is 0 Å². The van der Waals surface area contributed by atoms with Crippen molar-refractivity contribution in [1.82, 2.24) is 4.90 Å². The Hall–Kier alpha value is -2.08. The molecule has 6 nitrogen and oxygen atoms in total. The first-order valence-electron chi connectivity index (χ1n) is 6.04. The Morgan fingerprint density at radius 1 is 1.26 bits per heavy atom. The van der Waals surface area contributed by atoms with E-state index in [0.29, 0.717) is 6.42 Å². The van der Waals surface area contributed by atoms with Gasteiger partial charge in [0.2, 0.25) is 5.91 Å². The predicted molar refractivity (Wildman–Crippen MR) is 71.5 cm³/mol. The average molecular weight is 265 g/mol. The van der Waals surface area contributed by atoms with Crippen molar-refractivity contribution in [3.8, 4) is 0 Å². The Morgan fingerprint density at radius 3 is 2.42 bits per heavy atom. The summed E-state index contributed by atoms with van der Waals surface area (Å²) in [5.41, 5.74) is 12.0. The van der Waals surface area contributed by atoms with Gasteiger partial charge in [-0.25, -0.2) is 4.79 Å². The molecular weight excluding hydrogens is 246 g/mol. The maximum Gasteiger partial charge on any atom is 0.407 e. The van der Waals surface area contributed by atoms with Crippen molar-refractivity contribution in [3.63, 3.8) is 0 Å². The molecule has 0 spiro atoms. The van der Waals surface area contributed by atoms with E-state index in [1.807, 2.05) is 30.3 Å². The summed E-state index contributed by atoms with van der Waals surface area (Å²) >= 11 is 0. The summed E-state index contributed by atoms with van der Waals surface area (Å²) < 4.78 is 0. The highest BCUT2D eigenvalue weighted by atomic mass is 16.4. The Bertz CT molecular complexity index is 422. The zero-order chi connectivity index (χ0) is 14.3. The second-order valence-electron chi connectivity index (χ2n) is 4.39. The highest BCUT2D eigenvalue weighted by molar-refractivity contribution is 5.74. The van der Waals surface area contributed by atoms with Gasteiger partial charge in [0.15, 0.2) is 0 Å². The molecule has 104 valence electrons. The van der Waals surface area contributed by atoms with Crippen molar-refractivity contribution in [3.05, 3.63) is 35.9 Å². The van der Waals surface area contributed by atoms with Crippen LogP contribution in [-0.4, -0.2) is 41.1 Å². The van der Waals surface area contributed by atoms with Crippen LogP contribution < -0.4 is 11.5 Å². The van der Waals surface area contributed by atoms with Crippen molar-refractivity contribution in [2.45, 2.75) is 18.9 Å². The van der Waals surface area contributed by atoms with Gasteiger partial charge in [0.1, 0.15) is 0 Å². The molecule has 1 atom stereocenters. The van der Waals surface area contributed by atoms with Gasteiger partial charge in [0, 0.05) is 25.6 Å². The van der Waals surface area contributed by atoms with Gasteiger partial charge in [-0.15, -0.1) is 0 Å².